The SMILES string of the molecule is COc1ccc(/C=C2\Oc3c(OC)c(OC)c(OC)c(O)c3C2=O)cc1[N+](=O)[O-]. The van der Waals surface area contributed by atoms with Crippen molar-refractivity contribution in [3.8, 4) is 34.5 Å². The number of Topliss-reactive ketones (excluding diaryl/α,β-unsaturated/α-hetero) is 1. The number of benzene rings is 2. The van der Waals surface area contributed by atoms with Crippen molar-refractivity contribution in [1.29, 1.82) is 0 Å². The number of carbonyl (C=O) groups is 1. The quantitative estimate of drug-likeness (QED) is 0.440. The van der Waals surface area contributed by atoms with Gasteiger partial charge in [0.2, 0.25) is 23.0 Å². The number of hydrogen-bond acceptors (Lipinski definition) is 9. The molecule has 29 heavy (non-hydrogen) atoms. The number of methoxy groups -OCH3 is 4. The van der Waals surface area contributed by atoms with Crippen molar-refractivity contribution < 1.29 is 38.5 Å². The van der Waals surface area contributed by atoms with Crippen LogP contribution in [0.1, 0.15) is 15.9 Å². The Bertz CT molecular complexity index is 1040. The third kappa shape index (κ3) is 3.14. The molecule has 10 nitrogen and oxygen atoms in total. The molecular weight excluding hydrogens is 386 g/mol. The Balaban J connectivity index is 2.13. The Hall–Kier alpha value is -3.95. The smallest absolute Gasteiger partial charge is 0.311 e. The van der Waals surface area contributed by atoms with Gasteiger partial charge in [0.25, 0.3) is 0 Å². The highest BCUT2D eigenvalue weighted by molar-refractivity contribution is 6.17. The molecule has 0 bridgehead atoms. The van der Waals surface area contributed by atoms with Gasteiger partial charge in [-0.1, -0.05) is 6.07 Å². The third-order valence-electron chi connectivity index (χ3n) is 4.27. The molecule has 0 radical (unpaired) electrons. The van der Waals surface area contributed by atoms with Crippen LogP contribution in [0.25, 0.3) is 6.08 Å². The number of rotatable bonds is 6. The van der Waals surface area contributed by atoms with Crippen LogP contribution >= 0.6 is 0 Å². The van der Waals surface area contributed by atoms with Crippen LogP contribution in [0.4, 0.5) is 5.69 Å². The van der Waals surface area contributed by atoms with E-state index in [-0.39, 0.29) is 45.8 Å². The molecule has 0 aliphatic carbocycles. The first-order valence-corrected chi connectivity index (χ1v) is 8.19. The van der Waals surface area contributed by atoms with Gasteiger partial charge in [0.05, 0.1) is 33.4 Å². The second-order valence-corrected chi connectivity index (χ2v) is 5.78. The largest absolute Gasteiger partial charge is 0.504 e. The summed E-state index contributed by atoms with van der Waals surface area (Å²) in [6, 6.07) is 4.17. The van der Waals surface area contributed by atoms with E-state index in [2.05, 4.69) is 0 Å². The maximum absolute atomic E-state index is 12.8. The third-order valence-corrected chi connectivity index (χ3v) is 4.27. The van der Waals surface area contributed by atoms with Gasteiger partial charge in [-0.05, 0) is 17.7 Å². The standard InChI is InChI=1S/C19H17NO9/c1-25-11-6-5-9(7-10(11)20(23)24)8-12-14(21)13-15(22)17(26-2)19(28-4)18(27-3)16(13)29-12/h5-8,22H,1-4H3/b12-8-. The van der Waals surface area contributed by atoms with Crippen LogP contribution in [0, 0.1) is 10.1 Å². The molecule has 2 aromatic rings. The molecule has 152 valence electrons. The summed E-state index contributed by atoms with van der Waals surface area (Å²) in [5, 5.41) is 21.7. The van der Waals surface area contributed by atoms with Crippen LogP contribution in [0.5, 0.6) is 34.5 Å². The van der Waals surface area contributed by atoms with Gasteiger partial charge in [-0.25, -0.2) is 0 Å². The van der Waals surface area contributed by atoms with Crippen LogP contribution < -0.4 is 23.7 Å². The fourth-order valence-corrected chi connectivity index (χ4v) is 2.98. The molecule has 0 saturated heterocycles. The average molecular weight is 403 g/mol. The van der Waals surface area contributed by atoms with E-state index in [4.69, 9.17) is 23.7 Å². The van der Waals surface area contributed by atoms with Crippen molar-refractivity contribution in [1.82, 2.24) is 0 Å². The van der Waals surface area contributed by atoms with Crippen LogP contribution in [0.3, 0.4) is 0 Å². The summed E-state index contributed by atoms with van der Waals surface area (Å²) in [7, 11) is 5.31. The number of nitrogens with zero attached hydrogens (tertiary/aromatic N) is 1. The van der Waals surface area contributed by atoms with Gasteiger partial charge in [0, 0.05) is 6.07 Å². The lowest BCUT2D eigenvalue weighted by Crippen LogP contribution is -2.00. The number of allylic oxidation sites excluding steroid dienone is 1. The maximum atomic E-state index is 12.8. The second-order valence-electron chi connectivity index (χ2n) is 5.78. The van der Waals surface area contributed by atoms with Crippen LogP contribution in [0.15, 0.2) is 24.0 Å². The normalized spacial score (nSPS) is 13.7. The fourth-order valence-electron chi connectivity index (χ4n) is 2.98. The van der Waals surface area contributed by atoms with Gasteiger partial charge in [-0.2, -0.15) is 0 Å². The summed E-state index contributed by atoms with van der Waals surface area (Å²) < 4.78 is 26.2. The number of phenolic OH excluding ortho intramolecular Hbond substituents is 1. The molecule has 10 heteroatoms. The number of phenols is 1. The first-order chi connectivity index (χ1) is 13.9. The summed E-state index contributed by atoms with van der Waals surface area (Å²) >= 11 is 0. The molecule has 1 aliphatic heterocycles. The molecule has 0 saturated carbocycles. The highest BCUT2D eigenvalue weighted by Crippen LogP contribution is 2.56. The molecule has 1 N–H and O–H groups in total. The highest BCUT2D eigenvalue weighted by atomic mass is 16.6. The topological polar surface area (TPSA) is 127 Å². The molecule has 0 aromatic heterocycles. The van der Waals surface area contributed by atoms with E-state index in [1.807, 2.05) is 0 Å². The first kappa shape index (κ1) is 19.8. The predicted octanol–water partition coefficient (Wildman–Crippen LogP) is 2.95. The van der Waals surface area contributed by atoms with Crippen LogP contribution in [-0.2, 0) is 0 Å². The Morgan fingerprint density at radius 2 is 1.69 bits per heavy atom. The highest BCUT2D eigenvalue weighted by Gasteiger charge is 2.39. The summed E-state index contributed by atoms with van der Waals surface area (Å²) in [5.74, 6) is -1.20. The minimum atomic E-state index is -0.643. The Kier molecular flexibility index (Phi) is 5.18. The average Bonchev–Trinajstić information content (AvgIpc) is 3.03. The monoisotopic (exact) mass is 403 g/mol. The number of hydrogen-bond donors (Lipinski definition) is 1. The summed E-state index contributed by atoms with van der Waals surface area (Å²) in [6.45, 7) is 0. The number of nitro groups is 1. The minimum absolute atomic E-state index is 0.0399. The summed E-state index contributed by atoms with van der Waals surface area (Å²) in [5.41, 5.74) is -0.103. The molecule has 2 aromatic carbocycles. The zero-order chi connectivity index (χ0) is 21.3. The van der Waals surface area contributed by atoms with Gasteiger partial charge in [-0.3, -0.25) is 14.9 Å². The molecule has 0 unspecified atom stereocenters. The summed E-state index contributed by atoms with van der Waals surface area (Å²) in [4.78, 5) is 23.4. The molecule has 1 aliphatic rings. The maximum Gasteiger partial charge on any atom is 0.311 e. The van der Waals surface area contributed by atoms with E-state index in [1.54, 1.807) is 0 Å². The van der Waals surface area contributed by atoms with Crippen molar-refractivity contribution in [3.63, 3.8) is 0 Å². The van der Waals surface area contributed by atoms with Crippen molar-refractivity contribution >= 4 is 17.5 Å². The van der Waals surface area contributed by atoms with Crippen molar-refractivity contribution in [3.05, 3.63) is 45.2 Å². The molecule has 3 rings (SSSR count). The lowest BCUT2D eigenvalue weighted by Gasteiger charge is -2.15. The van der Waals surface area contributed by atoms with E-state index >= 15 is 0 Å². The van der Waals surface area contributed by atoms with Crippen LogP contribution in [0.2, 0.25) is 0 Å². The molecule has 0 spiro atoms. The van der Waals surface area contributed by atoms with Gasteiger partial charge >= 0.3 is 5.69 Å². The molecule has 0 amide bonds. The Morgan fingerprint density at radius 3 is 2.24 bits per heavy atom. The van der Waals surface area contributed by atoms with E-state index in [0.29, 0.717) is 5.56 Å². The van der Waals surface area contributed by atoms with Crippen LogP contribution in [-0.4, -0.2) is 44.3 Å². The van der Waals surface area contributed by atoms with Gasteiger partial charge in [0.15, 0.2) is 23.0 Å². The number of nitro benzene ring substituents is 1. The zero-order valence-electron chi connectivity index (χ0n) is 16.0. The lowest BCUT2D eigenvalue weighted by atomic mass is 10.1. The molecule has 1 heterocycles. The van der Waals surface area contributed by atoms with Crippen molar-refractivity contribution in [2.75, 3.05) is 28.4 Å². The number of ether oxygens (including phenoxy) is 5. The zero-order valence-corrected chi connectivity index (χ0v) is 16.0. The van der Waals surface area contributed by atoms with E-state index < -0.39 is 16.5 Å². The Labute approximate surface area is 165 Å². The van der Waals surface area contributed by atoms with E-state index in [9.17, 15) is 20.0 Å². The van der Waals surface area contributed by atoms with Gasteiger partial charge in [0.1, 0.15) is 5.56 Å². The minimum Gasteiger partial charge on any atom is -0.504 e. The number of ketones is 1. The number of carbonyl (C=O) groups excluding carboxylic acids is 1. The molecule has 0 atom stereocenters. The van der Waals surface area contributed by atoms with Gasteiger partial charge in [-0.15, -0.1) is 0 Å². The van der Waals surface area contributed by atoms with Gasteiger partial charge < -0.3 is 28.8 Å². The van der Waals surface area contributed by atoms with Crippen molar-refractivity contribution in [2.45, 2.75) is 0 Å². The molecular formula is C19H17NO9. The van der Waals surface area contributed by atoms with Crippen molar-refractivity contribution in [2.24, 2.45) is 0 Å². The predicted molar refractivity (Wildman–Crippen MR) is 100 cm³/mol. The van der Waals surface area contributed by atoms with E-state index in [0.717, 1.165) is 0 Å². The lowest BCUT2D eigenvalue weighted by molar-refractivity contribution is -0.385. The number of fused-ring (bicyclic) bond motifs is 1. The Morgan fingerprint density at radius 1 is 1.03 bits per heavy atom. The molecule has 0 fully saturated rings. The fraction of sp³-hybridized carbons (Fsp3) is 0.211. The number of aromatic hydroxyl groups is 1. The second kappa shape index (κ2) is 7.58. The summed E-state index contributed by atoms with van der Waals surface area (Å²) in [6.07, 6.45) is 1.31. The first-order valence-electron chi connectivity index (χ1n) is 8.19. The van der Waals surface area contributed by atoms with E-state index in [1.165, 1.54) is 52.7 Å².